The van der Waals surface area contributed by atoms with Crippen molar-refractivity contribution in [3.05, 3.63) is 41.5 Å². The molecule has 3 heterocycles. The van der Waals surface area contributed by atoms with Crippen LogP contribution in [0.25, 0.3) is 0 Å². The lowest BCUT2D eigenvalue weighted by molar-refractivity contribution is -0.0579. The smallest absolute Gasteiger partial charge is 0.244 e. The number of sulfonamides is 1. The highest BCUT2D eigenvalue weighted by Gasteiger charge is 2.33. The maximum atomic E-state index is 12.9. The summed E-state index contributed by atoms with van der Waals surface area (Å²) in [4.78, 5) is 4.45. The molecule has 2 aromatic rings. The number of aryl methyl sites for hydroxylation is 2. The normalized spacial score (nSPS) is 21.0. The van der Waals surface area contributed by atoms with Crippen molar-refractivity contribution in [3.63, 3.8) is 0 Å². The van der Waals surface area contributed by atoms with E-state index < -0.39 is 16.1 Å². The van der Waals surface area contributed by atoms with Crippen molar-refractivity contribution in [2.24, 2.45) is 7.05 Å². The Kier molecular flexibility index (Phi) is 5.71. The van der Waals surface area contributed by atoms with E-state index in [1.165, 1.54) is 0 Å². The van der Waals surface area contributed by atoms with Crippen molar-refractivity contribution in [2.45, 2.75) is 43.9 Å². The predicted octanol–water partition coefficient (Wildman–Crippen LogP) is 1.08. The molecule has 0 amide bonds. The zero-order chi connectivity index (χ0) is 18.7. The molecule has 0 aliphatic carbocycles. The van der Waals surface area contributed by atoms with Gasteiger partial charge in [-0.05, 0) is 32.4 Å². The van der Waals surface area contributed by atoms with Gasteiger partial charge in [-0.25, -0.2) is 13.1 Å². The minimum Gasteiger partial charge on any atom is -0.380 e. The van der Waals surface area contributed by atoms with Crippen LogP contribution in [0.4, 0.5) is 0 Å². The van der Waals surface area contributed by atoms with Gasteiger partial charge in [0.05, 0.1) is 42.4 Å². The van der Waals surface area contributed by atoms with Gasteiger partial charge in [-0.2, -0.15) is 5.10 Å². The van der Waals surface area contributed by atoms with Gasteiger partial charge in [0, 0.05) is 19.9 Å². The summed E-state index contributed by atoms with van der Waals surface area (Å²) in [5.41, 5.74) is 1.87. The minimum atomic E-state index is -3.73. The third kappa shape index (κ3) is 4.12. The van der Waals surface area contributed by atoms with Gasteiger partial charge >= 0.3 is 0 Å². The molecule has 0 saturated carbocycles. The molecule has 9 heteroatoms. The molecule has 1 N–H and O–H groups in total. The first-order valence-electron chi connectivity index (χ1n) is 8.50. The summed E-state index contributed by atoms with van der Waals surface area (Å²) in [5.74, 6) is 0. The van der Waals surface area contributed by atoms with Crippen LogP contribution in [0.15, 0.2) is 29.3 Å². The van der Waals surface area contributed by atoms with E-state index >= 15 is 0 Å². The van der Waals surface area contributed by atoms with E-state index in [1.807, 2.05) is 18.2 Å². The van der Waals surface area contributed by atoms with E-state index in [0.29, 0.717) is 31.0 Å². The number of rotatable bonds is 6. The van der Waals surface area contributed by atoms with Crippen LogP contribution >= 0.6 is 0 Å². The van der Waals surface area contributed by atoms with Gasteiger partial charge in [-0.15, -0.1) is 0 Å². The molecule has 1 aliphatic rings. The molecule has 1 saturated heterocycles. The van der Waals surface area contributed by atoms with Crippen molar-refractivity contribution in [3.8, 4) is 0 Å². The molecule has 1 aliphatic heterocycles. The van der Waals surface area contributed by atoms with Crippen LogP contribution in [0.3, 0.4) is 0 Å². The van der Waals surface area contributed by atoms with Crippen molar-refractivity contribution in [1.29, 1.82) is 0 Å². The zero-order valence-corrected chi connectivity index (χ0v) is 16.0. The van der Waals surface area contributed by atoms with E-state index in [9.17, 15) is 8.42 Å². The maximum absolute atomic E-state index is 12.9. The summed E-state index contributed by atoms with van der Waals surface area (Å²) in [5, 5.41) is 4.19. The van der Waals surface area contributed by atoms with Gasteiger partial charge < -0.3 is 9.47 Å². The van der Waals surface area contributed by atoms with E-state index in [4.69, 9.17) is 9.47 Å². The van der Waals surface area contributed by atoms with Crippen LogP contribution in [-0.2, 0) is 33.2 Å². The fourth-order valence-corrected chi connectivity index (χ4v) is 4.79. The van der Waals surface area contributed by atoms with Crippen molar-refractivity contribution >= 4 is 10.0 Å². The average molecular weight is 380 g/mol. The SMILES string of the molecule is Cc1nn(C)c(C)c1S(=O)(=O)N[C@@H]1COCC[C@H]1OCc1ccccn1. The van der Waals surface area contributed by atoms with E-state index in [-0.39, 0.29) is 17.6 Å². The second kappa shape index (κ2) is 7.83. The molecule has 0 bridgehead atoms. The van der Waals surface area contributed by atoms with Crippen LogP contribution in [0.5, 0.6) is 0 Å². The Morgan fingerprint density at radius 3 is 2.85 bits per heavy atom. The van der Waals surface area contributed by atoms with Gasteiger partial charge in [0.1, 0.15) is 4.90 Å². The Balaban J connectivity index is 1.73. The minimum absolute atomic E-state index is 0.217. The Morgan fingerprint density at radius 2 is 2.19 bits per heavy atom. The molecule has 26 heavy (non-hydrogen) atoms. The van der Waals surface area contributed by atoms with Gasteiger partial charge in [0.2, 0.25) is 10.0 Å². The van der Waals surface area contributed by atoms with Crippen LogP contribution in [0.1, 0.15) is 23.5 Å². The molecule has 3 rings (SSSR count). The number of hydrogen-bond donors (Lipinski definition) is 1. The molecule has 1 fully saturated rings. The standard InChI is InChI=1S/C17H24N4O4S/c1-12-17(13(2)21(3)19-12)26(22,23)20-15-11-24-9-7-16(15)25-10-14-6-4-5-8-18-14/h4-6,8,15-16,20H,7,9-11H2,1-3H3/t15-,16-/m1/s1. The summed E-state index contributed by atoms with van der Waals surface area (Å²) in [6, 6.07) is 5.15. The first kappa shape index (κ1) is 19.0. The summed E-state index contributed by atoms with van der Waals surface area (Å²) < 4.78 is 41.5. The molecule has 142 valence electrons. The van der Waals surface area contributed by atoms with Gasteiger partial charge in [-0.1, -0.05) is 6.07 Å². The Hall–Kier alpha value is -1.81. The van der Waals surface area contributed by atoms with E-state index in [2.05, 4.69) is 14.8 Å². The zero-order valence-electron chi connectivity index (χ0n) is 15.2. The Bertz CT molecular complexity index is 851. The molecule has 8 nitrogen and oxygen atoms in total. The molecular weight excluding hydrogens is 356 g/mol. The number of ether oxygens (including phenoxy) is 2. The first-order valence-corrected chi connectivity index (χ1v) is 9.98. The van der Waals surface area contributed by atoms with Crippen LogP contribution in [-0.4, -0.2) is 48.5 Å². The summed E-state index contributed by atoms with van der Waals surface area (Å²) in [6.45, 7) is 4.56. The average Bonchev–Trinajstić information content (AvgIpc) is 2.87. The van der Waals surface area contributed by atoms with Crippen molar-refractivity contribution in [1.82, 2.24) is 19.5 Å². The number of nitrogens with one attached hydrogen (secondary N) is 1. The fraction of sp³-hybridized carbons (Fsp3) is 0.529. The second-order valence-corrected chi connectivity index (χ2v) is 8.04. The van der Waals surface area contributed by atoms with Crippen LogP contribution < -0.4 is 4.72 Å². The van der Waals surface area contributed by atoms with E-state index in [1.54, 1.807) is 31.8 Å². The lowest BCUT2D eigenvalue weighted by Gasteiger charge is -2.31. The van der Waals surface area contributed by atoms with E-state index in [0.717, 1.165) is 5.69 Å². The Morgan fingerprint density at radius 1 is 1.38 bits per heavy atom. The topological polar surface area (TPSA) is 95.3 Å². The van der Waals surface area contributed by atoms with Crippen molar-refractivity contribution in [2.75, 3.05) is 13.2 Å². The van der Waals surface area contributed by atoms with Gasteiger partial charge in [-0.3, -0.25) is 9.67 Å². The highest BCUT2D eigenvalue weighted by atomic mass is 32.2. The van der Waals surface area contributed by atoms with Crippen LogP contribution in [0.2, 0.25) is 0 Å². The monoisotopic (exact) mass is 380 g/mol. The van der Waals surface area contributed by atoms with Gasteiger partial charge in [0.15, 0.2) is 0 Å². The maximum Gasteiger partial charge on any atom is 0.244 e. The third-order valence-corrected chi connectivity index (χ3v) is 6.22. The third-order valence-electron chi connectivity index (χ3n) is 4.48. The molecular formula is C17H24N4O4S. The predicted molar refractivity (Wildman–Crippen MR) is 95.0 cm³/mol. The number of aromatic nitrogens is 3. The summed E-state index contributed by atoms with van der Waals surface area (Å²) in [6.07, 6.45) is 2.04. The second-order valence-electron chi connectivity index (χ2n) is 6.39. The quantitative estimate of drug-likeness (QED) is 0.806. The molecule has 0 aromatic carbocycles. The van der Waals surface area contributed by atoms with Crippen LogP contribution in [0, 0.1) is 13.8 Å². The molecule has 0 unspecified atom stereocenters. The summed E-state index contributed by atoms with van der Waals surface area (Å²) >= 11 is 0. The number of pyridine rings is 1. The largest absolute Gasteiger partial charge is 0.380 e. The van der Waals surface area contributed by atoms with Gasteiger partial charge in [0.25, 0.3) is 0 Å². The van der Waals surface area contributed by atoms with Crippen molar-refractivity contribution < 1.29 is 17.9 Å². The number of hydrogen-bond acceptors (Lipinski definition) is 6. The highest BCUT2D eigenvalue weighted by molar-refractivity contribution is 7.89. The lowest BCUT2D eigenvalue weighted by atomic mass is 10.1. The fourth-order valence-electron chi connectivity index (χ4n) is 3.10. The first-order chi connectivity index (χ1) is 12.4. The number of nitrogens with zero attached hydrogens (tertiary/aromatic N) is 3. The Labute approximate surface area is 153 Å². The molecule has 2 aromatic heterocycles. The molecule has 0 radical (unpaired) electrons. The lowest BCUT2D eigenvalue weighted by Crippen LogP contribution is -2.50. The highest BCUT2D eigenvalue weighted by Crippen LogP contribution is 2.21. The summed E-state index contributed by atoms with van der Waals surface area (Å²) in [7, 11) is -2.00. The molecule has 0 spiro atoms. The molecule has 2 atom stereocenters.